The summed E-state index contributed by atoms with van der Waals surface area (Å²) in [7, 11) is 1.73. The number of aryl methyl sites for hydroxylation is 1. The zero-order valence-corrected chi connectivity index (χ0v) is 15.0. The number of carbonyl (C=O) groups excluding carboxylic acids is 1. The van der Waals surface area contributed by atoms with Gasteiger partial charge in [-0.3, -0.25) is 9.79 Å². The molecule has 3 N–H and O–H groups in total. The number of hydrogen-bond donors (Lipinski definition) is 3. The van der Waals surface area contributed by atoms with Crippen molar-refractivity contribution in [2.24, 2.45) is 4.99 Å². The topological polar surface area (TPSA) is 78.4 Å². The van der Waals surface area contributed by atoms with Gasteiger partial charge in [-0.2, -0.15) is 0 Å². The molecule has 2 aromatic rings. The van der Waals surface area contributed by atoms with E-state index < -0.39 is 0 Å². The lowest BCUT2D eigenvalue weighted by atomic mass is 10.1. The third-order valence-corrected chi connectivity index (χ3v) is 4.46. The highest BCUT2D eigenvalue weighted by Gasteiger charge is 2.11. The molecule has 1 unspecified atom stereocenters. The van der Waals surface area contributed by atoms with E-state index in [2.05, 4.69) is 45.0 Å². The van der Waals surface area contributed by atoms with Crippen LogP contribution in [-0.2, 0) is 0 Å². The first kappa shape index (κ1) is 17.9. The average molecular weight is 345 g/mol. The van der Waals surface area contributed by atoms with Crippen LogP contribution in [0.4, 0.5) is 0 Å². The number of carbonyl (C=O) groups is 1. The number of nitrogens with zero attached hydrogens (tertiary/aromatic N) is 2. The number of aliphatic imine (C=N–C) groups is 1. The first-order valence-corrected chi connectivity index (χ1v) is 8.70. The lowest BCUT2D eigenvalue weighted by Gasteiger charge is -2.18. The number of guanidine groups is 1. The lowest BCUT2D eigenvalue weighted by molar-refractivity contribution is 0.0957. The van der Waals surface area contributed by atoms with Gasteiger partial charge in [0.2, 0.25) is 0 Å². The maximum Gasteiger partial charge on any atom is 0.263 e. The van der Waals surface area contributed by atoms with Gasteiger partial charge >= 0.3 is 0 Å². The van der Waals surface area contributed by atoms with E-state index in [0.29, 0.717) is 23.9 Å². The fraction of sp³-hybridized carbons (Fsp3) is 0.353. The predicted molar refractivity (Wildman–Crippen MR) is 98.5 cm³/mol. The zero-order valence-electron chi connectivity index (χ0n) is 14.2. The van der Waals surface area contributed by atoms with Gasteiger partial charge in [0.05, 0.1) is 17.2 Å². The van der Waals surface area contributed by atoms with Crippen molar-refractivity contribution in [2.75, 3.05) is 20.1 Å². The third kappa shape index (κ3) is 5.06. The Morgan fingerprint density at radius 3 is 2.58 bits per heavy atom. The fourth-order valence-electron chi connectivity index (χ4n) is 2.18. The summed E-state index contributed by atoms with van der Waals surface area (Å²) in [5, 5.41) is 9.40. The minimum absolute atomic E-state index is 0.0857. The monoisotopic (exact) mass is 345 g/mol. The molecular weight excluding hydrogens is 322 g/mol. The van der Waals surface area contributed by atoms with Crippen molar-refractivity contribution in [3.05, 3.63) is 52.0 Å². The highest BCUT2D eigenvalue weighted by Crippen LogP contribution is 2.11. The van der Waals surface area contributed by atoms with Crippen LogP contribution < -0.4 is 16.0 Å². The van der Waals surface area contributed by atoms with Gasteiger partial charge in [-0.15, -0.1) is 11.3 Å². The Morgan fingerprint density at radius 1 is 1.25 bits per heavy atom. The summed E-state index contributed by atoms with van der Waals surface area (Å²) in [4.78, 5) is 20.9. The van der Waals surface area contributed by atoms with Crippen LogP contribution in [0.1, 0.15) is 33.9 Å². The molecule has 1 atom stereocenters. The molecule has 1 aromatic heterocycles. The first-order valence-electron chi connectivity index (χ1n) is 7.82. The Bertz CT molecular complexity index is 683. The van der Waals surface area contributed by atoms with Crippen molar-refractivity contribution < 1.29 is 4.79 Å². The summed E-state index contributed by atoms with van der Waals surface area (Å²) in [5.41, 5.74) is 3.63. The van der Waals surface area contributed by atoms with Crippen molar-refractivity contribution >= 4 is 23.2 Å². The third-order valence-electron chi connectivity index (χ3n) is 3.53. The molecule has 1 aromatic carbocycles. The second-order valence-corrected chi connectivity index (χ2v) is 6.15. The summed E-state index contributed by atoms with van der Waals surface area (Å²) in [6.07, 6.45) is 0. The summed E-state index contributed by atoms with van der Waals surface area (Å²) in [6.45, 7) is 5.01. The van der Waals surface area contributed by atoms with E-state index in [-0.39, 0.29) is 11.9 Å². The van der Waals surface area contributed by atoms with Gasteiger partial charge in [-0.25, -0.2) is 4.98 Å². The molecule has 1 amide bonds. The van der Waals surface area contributed by atoms with Gasteiger partial charge < -0.3 is 16.0 Å². The molecule has 0 saturated heterocycles. The fourth-order valence-corrected chi connectivity index (χ4v) is 2.90. The van der Waals surface area contributed by atoms with Crippen LogP contribution in [0.25, 0.3) is 0 Å². The minimum Gasteiger partial charge on any atom is -0.355 e. The van der Waals surface area contributed by atoms with E-state index in [9.17, 15) is 4.79 Å². The van der Waals surface area contributed by atoms with Crippen LogP contribution in [0, 0.1) is 6.92 Å². The number of thiazole rings is 1. The summed E-state index contributed by atoms with van der Waals surface area (Å²) >= 11 is 1.35. The molecule has 0 fully saturated rings. The van der Waals surface area contributed by atoms with E-state index >= 15 is 0 Å². The van der Waals surface area contributed by atoms with Crippen molar-refractivity contribution in [1.29, 1.82) is 0 Å². The molecule has 128 valence electrons. The van der Waals surface area contributed by atoms with Crippen LogP contribution in [0.5, 0.6) is 0 Å². The smallest absolute Gasteiger partial charge is 0.263 e. The molecule has 24 heavy (non-hydrogen) atoms. The maximum atomic E-state index is 12.0. The lowest BCUT2D eigenvalue weighted by Crippen LogP contribution is -2.42. The molecule has 0 radical (unpaired) electrons. The average Bonchev–Trinajstić information content (AvgIpc) is 3.04. The second kappa shape index (κ2) is 9.02. The highest BCUT2D eigenvalue weighted by atomic mass is 32.1. The van der Waals surface area contributed by atoms with Crippen molar-refractivity contribution in [3.63, 3.8) is 0 Å². The largest absolute Gasteiger partial charge is 0.355 e. The highest BCUT2D eigenvalue weighted by molar-refractivity contribution is 7.11. The van der Waals surface area contributed by atoms with Crippen molar-refractivity contribution in [2.45, 2.75) is 19.9 Å². The van der Waals surface area contributed by atoms with Gasteiger partial charge in [0, 0.05) is 20.1 Å². The van der Waals surface area contributed by atoms with Crippen molar-refractivity contribution in [1.82, 2.24) is 20.9 Å². The van der Waals surface area contributed by atoms with Crippen LogP contribution in [0.3, 0.4) is 0 Å². The predicted octanol–water partition coefficient (Wildman–Crippen LogP) is 2.11. The Hall–Kier alpha value is -2.41. The number of amides is 1. The van der Waals surface area contributed by atoms with Crippen LogP contribution in [-0.4, -0.2) is 37.0 Å². The van der Waals surface area contributed by atoms with E-state index in [1.807, 2.05) is 25.1 Å². The Morgan fingerprint density at radius 2 is 1.96 bits per heavy atom. The van der Waals surface area contributed by atoms with E-state index in [1.165, 1.54) is 16.9 Å². The van der Waals surface area contributed by atoms with Gasteiger partial charge in [0.1, 0.15) is 4.88 Å². The molecule has 7 heteroatoms. The van der Waals surface area contributed by atoms with E-state index in [4.69, 9.17) is 0 Å². The van der Waals surface area contributed by atoms with Crippen LogP contribution >= 0.6 is 11.3 Å². The number of nitrogens with one attached hydrogen (secondary N) is 3. The number of benzene rings is 1. The standard InChI is InChI=1S/C17H23N5OS/c1-12(14-7-5-4-6-8-14)22-17(18-3)20-10-9-19-16(23)15-13(2)21-11-24-15/h4-8,11-12H,9-10H2,1-3H3,(H,19,23)(H2,18,20,22). The number of aromatic nitrogens is 1. The quantitative estimate of drug-likeness (QED) is 0.426. The molecule has 0 bridgehead atoms. The number of hydrogen-bond acceptors (Lipinski definition) is 4. The van der Waals surface area contributed by atoms with Crippen LogP contribution in [0.2, 0.25) is 0 Å². The Labute approximate surface area is 146 Å². The van der Waals surface area contributed by atoms with E-state index in [1.54, 1.807) is 12.6 Å². The van der Waals surface area contributed by atoms with Crippen LogP contribution in [0.15, 0.2) is 40.8 Å². The maximum absolute atomic E-state index is 12.0. The molecule has 6 nitrogen and oxygen atoms in total. The molecule has 2 rings (SSSR count). The summed E-state index contributed by atoms with van der Waals surface area (Å²) in [5.74, 6) is 0.618. The van der Waals surface area contributed by atoms with Gasteiger partial charge in [-0.1, -0.05) is 30.3 Å². The molecule has 0 spiro atoms. The molecule has 0 aliphatic heterocycles. The SMILES string of the molecule is CN=C(NCCNC(=O)c1scnc1C)NC(C)c1ccccc1. The molecule has 0 aliphatic carbocycles. The summed E-state index contributed by atoms with van der Waals surface area (Å²) in [6, 6.07) is 10.3. The normalized spacial score (nSPS) is 12.5. The number of rotatable bonds is 6. The summed E-state index contributed by atoms with van der Waals surface area (Å²) < 4.78 is 0. The minimum atomic E-state index is -0.0857. The zero-order chi connectivity index (χ0) is 17.4. The van der Waals surface area contributed by atoms with Gasteiger partial charge in [0.15, 0.2) is 5.96 Å². The van der Waals surface area contributed by atoms with Gasteiger partial charge in [0.25, 0.3) is 5.91 Å². The molecule has 0 aliphatic rings. The van der Waals surface area contributed by atoms with Crippen molar-refractivity contribution in [3.8, 4) is 0 Å². The van der Waals surface area contributed by atoms with E-state index in [0.717, 1.165) is 5.69 Å². The molecule has 0 saturated carbocycles. The second-order valence-electron chi connectivity index (χ2n) is 5.30. The molecular formula is C17H23N5OS. The first-order chi connectivity index (χ1) is 11.6. The Kier molecular flexibility index (Phi) is 6.74. The molecule has 1 heterocycles. The van der Waals surface area contributed by atoms with Gasteiger partial charge in [-0.05, 0) is 19.4 Å². The Balaban J connectivity index is 1.74.